The smallest absolute Gasteiger partial charge is 0.258 e. The Kier molecular flexibility index (Phi) is 8.52. The van der Waals surface area contributed by atoms with Crippen LogP contribution in [0.3, 0.4) is 0 Å². The first kappa shape index (κ1) is 20.7. The van der Waals surface area contributed by atoms with Crippen LogP contribution in [0.2, 0.25) is 0 Å². The molecule has 0 saturated carbocycles. The molecule has 0 spiro atoms. The van der Waals surface area contributed by atoms with Crippen LogP contribution in [0.4, 0.5) is 0 Å². The number of carbonyl (C=O) groups excluding carboxylic acids is 1. The first-order valence-corrected chi connectivity index (χ1v) is 8.68. The number of carbonyl (C=O) groups is 1. The summed E-state index contributed by atoms with van der Waals surface area (Å²) in [6.45, 7) is 7.03. The predicted molar refractivity (Wildman–Crippen MR) is 97.5 cm³/mol. The van der Waals surface area contributed by atoms with Gasteiger partial charge in [0.1, 0.15) is 0 Å². The van der Waals surface area contributed by atoms with Crippen LogP contribution in [-0.2, 0) is 11.3 Å². The molecule has 0 heterocycles. The third kappa shape index (κ3) is 7.07. The number of hydrogen-bond donors (Lipinski definition) is 3. The number of aliphatic hydroxyl groups excluding tert-OH is 1. The van der Waals surface area contributed by atoms with E-state index in [9.17, 15) is 4.79 Å². The summed E-state index contributed by atoms with van der Waals surface area (Å²) in [6, 6.07) is 3.67. The van der Waals surface area contributed by atoms with E-state index >= 15 is 0 Å². The molecule has 1 rings (SSSR count). The van der Waals surface area contributed by atoms with Crippen molar-refractivity contribution in [3.05, 3.63) is 22.2 Å². The van der Waals surface area contributed by atoms with E-state index in [1.54, 1.807) is 13.2 Å². The van der Waals surface area contributed by atoms with Gasteiger partial charge in [-0.15, -0.1) is 0 Å². The Hall–Kier alpha value is -1.31. The van der Waals surface area contributed by atoms with Crippen molar-refractivity contribution in [1.29, 1.82) is 0 Å². The predicted octanol–water partition coefficient (Wildman–Crippen LogP) is 2.22. The van der Waals surface area contributed by atoms with Gasteiger partial charge in [0.2, 0.25) is 0 Å². The third-order valence-corrected chi connectivity index (χ3v) is 3.81. The Bertz CT molecular complexity index is 544. The van der Waals surface area contributed by atoms with Crippen molar-refractivity contribution >= 4 is 21.8 Å². The molecule has 3 N–H and O–H groups in total. The maximum Gasteiger partial charge on any atom is 0.258 e. The Morgan fingerprint density at radius 3 is 2.62 bits per heavy atom. The fourth-order valence-electron chi connectivity index (χ4n) is 2.08. The van der Waals surface area contributed by atoms with Crippen molar-refractivity contribution in [1.82, 2.24) is 10.6 Å². The first-order chi connectivity index (χ1) is 11.3. The average Bonchev–Trinajstić information content (AvgIpc) is 2.49. The van der Waals surface area contributed by atoms with Gasteiger partial charge in [-0.3, -0.25) is 4.79 Å². The minimum Gasteiger partial charge on any atom is -0.493 e. The molecule has 1 amide bonds. The fourth-order valence-corrected chi connectivity index (χ4v) is 2.53. The summed E-state index contributed by atoms with van der Waals surface area (Å²) in [5.74, 6) is 0.914. The van der Waals surface area contributed by atoms with Gasteiger partial charge < -0.3 is 25.2 Å². The molecule has 0 fully saturated rings. The largest absolute Gasteiger partial charge is 0.493 e. The van der Waals surface area contributed by atoms with E-state index in [1.165, 1.54) is 0 Å². The van der Waals surface area contributed by atoms with Crippen molar-refractivity contribution in [2.75, 3.05) is 26.9 Å². The lowest BCUT2D eigenvalue weighted by molar-refractivity contribution is -0.124. The maximum atomic E-state index is 12.0. The molecule has 1 aromatic carbocycles. The normalized spacial score (nSPS) is 11.2. The highest BCUT2D eigenvalue weighted by atomic mass is 79.9. The molecule has 0 radical (unpaired) electrons. The summed E-state index contributed by atoms with van der Waals surface area (Å²) < 4.78 is 12.0. The van der Waals surface area contributed by atoms with Crippen LogP contribution in [0.15, 0.2) is 16.6 Å². The van der Waals surface area contributed by atoms with Gasteiger partial charge in [0, 0.05) is 28.7 Å². The summed E-state index contributed by atoms with van der Waals surface area (Å²) in [7, 11) is 1.56. The van der Waals surface area contributed by atoms with Crippen molar-refractivity contribution in [3.63, 3.8) is 0 Å². The van der Waals surface area contributed by atoms with Crippen LogP contribution in [0.1, 0.15) is 32.8 Å². The highest BCUT2D eigenvalue weighted by Gasteiger charge is 2.18. The van der Waals surface area contributed by atoms with Gasteiger partial charge in [-0.2, -0.15) is 0 Å². The van der Waals surface area contributed by atoms with Gasteiger partial charge in [-0.25, -0.2) is 0 Å². The van der Waals surface area contributed by atoms with E-state index in [2.05, 4.69) is 26.6 Å². The van der Waals surface area contributed by atoms with Crippen LogP contribution < -0.4 is 20.1 Å². The summed E-state index contributed by atoms with van der Waals surface area (Å²) in [4.78, 5) is 12.0. The van der Waals surface area contributed by atoms with Gasteiger partial charge in [0.05, 0.1) is 7.11 Å². The van der Waals surface area contributed by atoms with Crippen molar-refractivity contribution in [2.24, 2.45) is 0 Å². The molecule has 0 saturated heterocycles. The molecule has 6 nitrogen and oxygen atoms in total. The molecule has 0 unspecified atom stereocenters. The Labute approximate surface area is 152 Å². The van der Waals surface area contributed by atoms with E-state index in [0.29, 0.717) is 31.0 Å². The maximum absolute atomic E-state index is 12.0. The van der Waals surface area contributed by atoms with Crippen LogP contribution in [0, 0.1) is 0 Å². The monoisotopic (exact) mass is 402 g/mol. The number of halogens is 1. The third-order valence-electron chi connectivity index (χ3n) is 3.06. The number of benzene rings is 1. The van der Waals surface area contributed by atoms with E-state index in [-0.39, 0.29) is 24.7 Å². The Morgan fingerprint density at radius 1 is 1.33 bits per heavy atom. The Balaban J connectivity index is 2.85. The molecule has 0 aliphatic heterocycles. The lowest BCUT2D eigenvalue weighted by Gasteiger charge is -2.21. The van der Waals surface area contributed by atoms with E-state index < -0.39 is 0 Å². The zero-order valence-electron chi connectivity index (χ0n) is 14.7. The van der Waals surface area contributed by atoms with Crippen molar-refractivity contribution in [2.45, 2.75) is 39.3 Å². The molecular formula is C17H27BrN2O4. The molecule has 24 heavy (non-hydrogen) atoms. The van der Waals surface area contributed by atoms with Crippen molar-refractivity contribution < 1.29 is 19.4 Å². The number of aliphatic hydroxyl groups is 1. The molecule has 0 atom stereocenters. The summed E-state index contributed by atoms with van der Waals surface area (Å²) >= 11 is 3.51. The number of ether oxygens (including phenoxy) is 2. The highest BCUT2D eigenvalue weighted by Crippen LogP contribution is 2.36. The van der Waals surface area contributed by atoms with Crippen LogP contribution >= 0.6 is 15.9 Å². The molecule has 0 aliphatic carbocycles. The SMILES string of the molecule is COc1ccc(Br)c(CNCCCO)c1OCC(=O)NC(C)(C)C. The summed E-state index contributed by atoms with van der Waals surface area (Å²) in [6.07, 6.45) is 0.672. The van der Waals surface area contributed by atoms with Gasteiger partial charge >= 0.3 is 0 Å². The van der Waals surface area contributed by atoms with Gasteiger partial charge in [-0.1, -0.05) is 15.9 Å². The number of amides is 1. The van der Waals surface area contributed by atoms with Crippen LogP contribution in [0.5, 0.6) is 11.5 Å². The molecule has 0 aromatic heterocycles. The quantitative estimate of drug-likeness (QED) is 0.551. The topological polar surface area (TPSA) is 79.8 Å². The molecule has 0 aliphatic rings. The average molecular weight is 403 g/mol. The molecule has 136 valence electrons. The van der Waals surface area contributed by atoms with Gasteiger partial charge in [-0.05, 0) is 45.9 Å². The zero-order chi connectivity index (χ0) is 18.2. The van der Waals surface area contributed by atoms with Crippen LogP contribution in [-0.4, -0.2) is 43.4 Å². The fraction of sp³-hybridized carbons (Fsp3) is 0.588. The number of rotatable bonds is 9. The standard InChI is InChI=1S/C17H27BrN2O4/c1-17(2,3)20-15(22)11-24-16-12(10-19-8-5-9-21)13(18)6-7-14(16)23-4/h6-7,19,21H,5,8-11H2,1-4H3,(H,20,22). The summed E-state index contributed by atoms with van der Waals surface area (Å²) in [5, 5.41) is 15.0. The minimum atomic E-state index is -0.309. The highest BCUT2D eigenvalue weighted by molar-refractivity contribution is 9.10. The number of hydrogen-bond acceptors (Lipinski definition) is 5. The summed E-state index contributed by atoms with van der Waals surface area (Å²) in [5.41, 5.74) is 0.562. The van der Waals surface area contributed by atoms with Gasteiger partial charge in [0.25, 0.3) is 5.91 Å². The number of methoxy groups -OCH3 is 1. The van der Waals surface area contributed by atoms with Gasteiger partial charge in [0.15, 0.2) is 18.1 Å². The second-order valence-corrected chi connectivity index (χ2v) is 7.25. The lowest BCUT2D eigenvalue weighted by Crippen LogP contribution is -2.43. The first-order valence-electron chi connectivity index (χ1n) is 7.89. The number of nitrogens with one attached hydrogen (secondary N) is 2. The van der Waals surface area contributed by atoms with Crippen LogP contribution in [0.25, 0.3) is 0 Å². The van der Waals surface area contributed by atoms with Crippen molar-refractivity contribution in [3.8, 4) is 11.5 Å². The second-order valence-electron chi connectivity index (χ2n) is 6.40. The second kappa shape index (κ2) is 9.86. The van der Waals surface area contributed by atoms with E-state index in [4.69, 9.17) is 14.6 Å². The molecular weight excluding hydrogens is 376 g/mol. The van der Waals surface area contributed by atoms with E-state index in [0.717, 1.165) is 10.0 Å². The molecule has 1 aromatic rings. The molecule has 7 heteroatoms. The zero-order valence-corrected chi connectivity index (χ0v) is 16.3. The molecule has 0 bridgehead atoms. The Morgan fingerprint density at radius 2 is 2.04 bits per heavy atom. The lowest BCUT2D eigenvalue weighted by atomic mass is 10.1. The van der Waals surface area contributed by atoms with E-state index in [1.807, 2.05) is 26.8 Å². The minimum absolute atomic E-state index is 0.0896.